The quantitative estimate of drug-likeness (QED) is 0.373. The molecule has 2 N–H and O–H groups in total. The van der Waals surface area contributed by atoms with E-state index in [4.69, 9.17) is 5.73 Å². The maximum atomic E-state index is 13.2. The van der Waals surface area contributed by atoms with Gasteiger partial charge < -0.3 is 10.6 Å². The third-order valence-corrected chi connectivity index (χ3v) is 6.05. The largest absolute Gasteiger partial charge is 0.370 e. The van der Waals surface area contributed by atoms with E-state index in [1.54, 1.807) is 17.3 Å². The minimum Gasteiger partial charge on any atom is -0.370 e. The lowest BCUT2D eigenvalue weighted by Gasteiger charge is -2.22. The predicted octanol–water partition coefficient (Wildman–Crippen LogP) is 3.64. The van der Waals surface area contributed by atoms with Crippen molar-refractivity contribution >= 4 is 29.3 Å². The van der Waals surface area contributed by atoms with Crippen molar-refractivity contribution in [2.45, 2.75) is 18.5 Å². The van der Waals surface area contributed by atoms with Crippen LogP contribution < -0.4 is 10.6 Å². The minimum atomic E-state index is -0.456. The van der Waals surface area contributed by atoms with Crippen molar-refractivity contribution in [2.75, 3.05) is 17.2 Å². The Kier molecular flexibility index (Phi) is 7.34. The smallest absolute Gasteiger partial charge is 0.237 e. The number of nitrogens with zero attached hydrogens (tertiary/aromatic N) is 5. The maximum Gasteiger partial charge on any atom is 0.237 e. The lowest BCUT2D eigenvalue weighted by atomic mass is 10.2. The Bertz CT molecular complexity index is 1260. The number of hydrogen-bond donors (Lipinski definition) is 1. The number of amides is 2. The molecule has 0 atom stereocenters. The van der Waals surface area contributed by atoms with E-state index in [1.807, 2.05) is 78.2 Å². The van der Waals surface area contributed by atoms with Gasteiger partial charge in [0.15, 0.2) is 11.0 Å². The zero-order valence-corrected chi connectivity index (χ0v) is 19.5. The van der Waals surface area contributed by atoms with Crippen LogP contribution in [-0.2, 0) is 9.59 Å². The summed E-state index contributed by atoms with van der Waals surface area (Å²) in [6.07, 6.45) is 3.49. The molecule has 0 bridgehead atoms. The molecule has 0 unspecified atom stereocenters. The number of primary amides is 1. The lowest BCUT2D eigenvalue weighted by Crippen LogP contribution is -2.35. The van der Waals surface area contributed by atoms with Crippen molar-refractivity contribution in [1.29, 1.82) is 0 Å². The van der Waals surface area contributed by atoms with E-state index in [9.17, 15) is 9.59 Å². The predicted molar refractivity (Wildman–Crippen MR) is 133 cm³/mol. The summed E-state index contributed by atoms with van der Waals surface area (Å²) in [6.45, 7) is 2.24. The highest BCUT2D eigenvalue weighted by atomic mass is 32.2. The second-order valence-electron chi connectivity index (χ2n) is 7.60. The molecule has 172 valence electrons. The Morgan fingerprint density at radius 2 is 1.68 bits per heavy atom. The summed E-state index contributed by atoms with van der Waals surface area (Å²) in [5.74, 6) is 0.173. The van der Waals surface area contributed by atoms with Gasteiger partial charge in [-0.2, -0.15) is 0 Å². The molecule has 9 heteroatoms. The van der Waals surface area contributed by atoms with Crippen LogP contribution in [0.25, 0.3) is 17.1 Å². The Morgan fingerprint density at radius 3 is 2.35 bits per heavy atom. The van der Waals surface area contributed by atoms with Crippen LogP contribution in [-0.4, -0.2) is 43.9 Å². The number of nitrogens with two attached hydrogens (primary N) is 1. The van der Waals surface area contributed by atoms with Gasteiger partial charge in [-0.3, -0.25) is 19.1 Å². The number of hydrogen-bond acceptors (Lipinski definition) is 6. The van der Waals surface area contributed by atoms with E-state index in [0.29, 0.717) is 16.7 Å². The molecule has 0 fully saturated rings. The van der Waals surface area contributed by atoms with E-state index in [1.165, 1.54) is 11.8 Å². The first-order valence-corrected chi connectivity index (χ1v) is 11.7. The van der Waals surface area contributed by atoms with E-state index < -0.39 is 5.91 Å². The fourth-order valence-corrected chi connectivity index (χ4v) is 4.24. The molecule has 34 heavy (non-hydrogen) atoms. The molecule has 0 aliphatic carbocycles. The van der Waals surface area contributed by atoms with Crippen LogP contribution in [0.5, 0.6) is 0 Å². The number of carbonyl (C=O) groups is 2. The van der Waals surface area contributed by atoms with Crippen LogP contribution >= 0.6 is 11.8 Å². The number of carbonyl (C=O) groups excluding carboxylic acids is 2. The number of pyridine rings is 1. The molecule has 0 radical (unpaired) electrons. The molecule has 4 aromatic rings. The van der Waals surface area contributed by atoms with Crippen molar-refractivity contribution in [3.8, 4) is 17.1 Å². The van der Waals surface area contributed by atoms with Crippen LogP contribution in [0.3, 0.4) is 0 Å². The van der Waals surface area contributed by atoms with Gasteiger partial charge in [0, 0.05) is 42.3 Å². The monoisotopic (exact) mass is 472 g/mol. The summed E-state index contributed by atoms with van der Waals surface area (Å²) in [6, 6.07) is 21.0. The molecule has 0 spiro atoms. The van der Waals surface area contributed by atoms with E-state index in [-0.39, 0.29) is 24.6 Å². The average Bonchev–Trinajstić information content (AvgIpc) is 3.28. The Labute approximate surface area is 201 Å². The van der Waals surface area contributed by atoms with Crippen LogP contribution in [0.1, 0.15) is 12.0 Å². The summed E-state index contributed by atoms with van der Waals surface area (Å²) in [5.41, 5.74) is 8.95. The SMILES string of the molecule is Cc1ccc(-n2c(SCC(=O)N(CCC(N)=O)c3ccccc3)nnc2-c2ccncc2)cc1. The van der Waals surface area contributed by atoms with Crippen molar-refractivity contribution in [1.82, 2.24) is 19.7 Å². The molecule has 0 aliphatic heterocycles. The minimum absolute atomic E-state index is 0.0804. The van der Waals surface area contributed by atoms with Crippen LogP contribution in [0.4, 0.5) is 5.69 Å². The summed E-state index contributed by atoms with van der Waals surface area (Å²) in [4.78, 5) is 30.2. The molecular weight excluding hydrogens is 448 g/mol. The maximum absolute atomic E-state index is 13.2. The lowest BCUT2D eigenvalue weighted by molar-refractivity contribution is -0.118. The first kappa shape index (κ1) is 23.2. The van der Waals surface area contributed by atoms with Crippen LogP contribution in [0, 0.1) is 6.92 Å². The molecule has 2 aromatic heterocycles. The Balaban J connectivity index is 1.62. The second-order valence-corrected chi connectivity index (χ2v) is 8.54. The first-order valence-electron chi connectivity index (χ1n) is 10.7. The highest BCUT2D eigenvalue weighted by Gasteiger charge is 2.21. The summed E-state index contributed by atoms with van der Waals surface area (Å²) < 4.78 is 1.93. The zero-order chi connectivity index (χ0) is 23.9. The van der Waals surface area contributed by atoms with Crippen molar-refractivity contribution in [3.63, 3.8) is 0 Å². The van der Waals surface area contributed by atoms with Crippen LogP contribution in [0.2, 0.25) is 0 Å². The molecule has 4 rings (SSSR count). The number of anilines is 1. The third kappa shape index (κ3) is 5.49. The molecule has 2 heterocycles. The van der Waals surface area contributed by atoms with Crippen molar-refractivity contribution in [3.05, 3.63) is 84.7 Å². The third-order valence-electron chi connectivity index (χ3n) is 5.14. The van der Waals surface area contributed by atoms with Gasteiger partial charge >= 0.3 is 0 Å². The number of rotatable bonds is 9. The van der Waals surface area contributed by atoms with Gasteiger partial charge in [0.05, 0.1) is 5.75 Å². The van der Waals surface area contributed by atoms with Gasteiger partial charge in [-0.15, -0.1) is 10.2 Å². The van der Waals surface area contributed by atoms with Gasteiger partial charge in [-0.1, -0.05) is 47.7 Å². The number of aromatic nitrogens is 4. The van der Waals surface area contributed by atoms with Gasteiger partial charge in [0.2, 0.25) is 11.8 Å². The fourth-order valence-electron chi connectivity index (χ4n) is 3.41. The Hall–Kier alpha value is -3.98. The molecule has 0 saturated heterocycles. The van der Waals surface area contributed by atoms with E-state index in [2.05, 4.69) is 15.2 Å². The number of aryl methyl sites for hydroxylation is 1. The van der Waals surface area contributed by atoms with Gasteiger partial charge in [0.25, 0.3) is 0 Å². The zero-order valence-electron chi connectivity index (χ0n) is 18.7. The highest BCUT2D eigenvalue weighted by Crippen LogP contribution is 2.28. The van der Waals surface area contributed by atoms with Gasteiger partial charge in [-0.05, 0) is 43.3 Å². The average molecular weight is 473 g/mol. The molecule has 2 aromatic carbocycles. The fraction of sp³-hybridized carbons (Fsp3) is 0.160. The highest BCUT2D eigenvalue weighted by molar-refractivity contribution is 7.99. The standard InChI is InChI=1S/C25H24N6O2S/c1-18-7-9-21(10-8-18)31-24(19-11-14-27-15-12-19)28-29-25(31)34-17-23(33)30(16-13-22(26)32)20-5-3-2-4-6-20/h2-12,14-15H,13,16-17H2,1H3,(H2,26,32). The topological polar surface area (TPSA) is 107 Å². The summed E-state index contributed by atoms with van der Waals surface area (Å²) >= 11 is 1.29. The molecular formula is C25H24N6O2S. The number of benzene rings is 2. The number of thioether (sulfide) groups is 1. The van der Waals surface area contributed by atoms with Gasteiger partial charge in [0.1, 0.15) is 0 Å². The Morgan fingerprint density at radius 1 is 0.971 bits per heavy atom. The van der Waals surface area contributed by atoms with Crippen molar-refractivity contribution in [2.24, 2.45) is 5.73 Å². The van der Waals surface area contributed by atoms with Gasteiger partial charge in [-0.25, -0.2) is 0 Å². The van der Waals surface area contributed by atoms with E-state index >= 15 is 0 Å². The molecule has 0 saturated carbocycles. The number of para-hydroxylation sites is 1. The molecule has 0 aliphatic rings. The van der Waals surface area contributed by atoms with E-state index in [0.717, 1.165) is 16.8 Å². The molecule has 2 amide bonds. The first-order chi connectivity index (χ1) is 16.5. The van der Waals surface area contributed by atoms with Crippen LogP contribution in [0.15, 0.2) is 84.3 Å². The second kappa shape index (κ2) is 10.8. The summed E-state index contributed by atoms with van der Waals surface area (Å²) in [5, 5.41) is 9.37. The summed E-state index contributed by atoms with van der Waals surface area (Å²) in [7, 11) is 0. The molecule has 8 nitrogen and oxygen atoms in total. The van der Waals surface area contributed by atoms with Crippen molar-refractivity contribution < 1.29 is 9.59 Å². The normalized spacial score (nSPS) is 10.7.